The molecule has 7 heteroatoms. The first kappa shape index (κ1) is 19.3. The van der Waals surface area contributed by atoms with Gasteiger partial charge in [-0.15, -0.1) is 0 Å². The highest BCUT2D eigenvalue weighted by molar-refractivity contribution is 6.06. The fraction of sp³-hybridized carbons (Fsp3) is 0.238. The van der Waals surface area contributed by atoms with Crippen LogP contribution in [-0.2, 0) is 19.1 Å². The Hall–Kier alpha value is -3.48. The minimum absolute atomic E-state index is 0.0671. The van der Waals surface area contributed by atoms with Crippen LogP contribution >= 0.6 is 0 Å². The van der Waals surface area contributed by atoms with Crippen LogP contribution in [0.5, 0.6) is 0 Å². The molecule has 2 atom stereocenters. The highest BCUT2D eigenvalue weighted by Crippen LogP contribution is 2.67. The van der Waals surface area contributed by atoms with Crippen molar-refractivity contribution in [2.45, 2.75) is 5.92 Å². The van der Waals surface area contributed by atoms with Crippen LogP contribution in [0.2, 0.25) is 0 Å². The van der Waals surface area contributed by atoms with Crippen molar-refractivity contribution in [3.8, 4) is 0 Å². The van der Waals surface area contributed by atoms with Gasteiger partial charge in [-0.1, -0.05) is 54.6 Å². The van der Waals surface area contributed by atoms with E-state index in [9.17, 15) is 19.7 Å². The molecular weight excluding hydrogens is 362 g/mol. The monoisotopic (exact) mass is 381 g/mol. The number of nitro benzene ring substituents is 1. The van der Waals surface area contributed by atoms with Gasteiger partial charge in [-0.3, -0.25) is 19.7 Å². The molecule has 0 N–H and O–H groups in total. The number of hydrogen-bond acceptors (Lipinski definition) is 6. The maximum atomic E-state index is 12.6. The number of rotatable bonds is 6. The molecular formula is C21H19NO6. The lowest BCUT2D eigenvalue weighted by Crippen LogP contribution is -2.31. The number of methoxy groups -OCH3 is 2. The van der Waals surface area contributed by atoms with Gasteiger partial charge in [-0.25, -0.2) is 0 Å². The van der Waals surface area contributed by atoms with Gasteiger partial charge in [0.1, 0.15) is 0 Å². The fourth-order valence-corrected chi connectivity index (χ4v) is 3.68. The largest absolute Gasteiger partial charge is 0.468 e. The number of benzene rings is 2. The van der Waals surface area contributed by atoms with Crippen molar-refractivity contribution in [3.63, 3.8) is 0 Å². The van der Waals surface area contributed by atoms with Crippen molar-refractivity contribution >= 4 is 23.7 Å². The quantitative estimate of drug-likeness (QED) is 0.329. The summed E-state index contributed by atoms with van der Waals surface area (Å²) in [7, 11) is 2.44. The first-order valence-corrected chi connectivity index (χ1v) is 8.61. The summed E-state index contributed by atoms with van der Waals surface area (Å²) in [4.78, 5) is 35.6. The molecule has 0 bridgehead atoms. The Kier molecular flexibility index (Phi) is 5.26. The normalized spacial score (nSPS) is 19.8. The Balaban J connectivity index is 2.02. The molecule has 0 spiro atoms. The summed E-state index contributed by atoms with van der Waals surface area (Å²) < 4.78 is 9.83. The van der Waals surface area contributed by atoms with Crippen molar-refractivity contribution in [1.82, 2.24) is 0 Å². The van der Waals surface area contributed by atoms with Crippen LogP contribution in [0, 0.1) is 21.4 Å². The first-order chi connectivity index (χ1) is 13.5. The third-order valence-electron chi connectivity index (χ3n) is 5.07. The number of esters is 2. The lowest BCUT2D eigenvalue weighted by molar-refractivity contribution is -0.384. The van der Waals surface area contributed by atoms with Gasteiger partial charge < -0.3 is 9.47 Å². The van der Waals surface area contributed by atoms with Gasteiger partial charge in [0, 0.05) is 24.0 Å². The minimum atomic E-state index is -1.51. The molecule has 1 aliphatic carbocycles. The van der Waals surface area contributed by atoms with E-state index in [1.165, 1.54) is 26.4 Å². The maximum Gasteiger partial charge on any atom is 0.324 e. The number of nitro groups is 1. The molecule has 2 aromatic rings. The third kappa shape index (κ3) is 3.15. The summed E-state index contributed by atoms with van der Waals surface area (Å²) in [6.07, 6.45) is 3.62. The lowest BCUT2D eigenvalue weighted by atomic mass is 9.98. The van der Waals surface area contributed by atoms with E-state index in [1.807, 2.05) is 36.4 Å². The van der Waals surface area contributed by atoms with E-state index in [2.05, 4.69) is 0 Å². The van der Waals surface area contributed by atoms with Crippen LogP contribution in [0.3, 0.4) is 0 Å². The van der Waals surface area contributed by atoms with Crippen molar-refractivity contribution in [2.75, 3.05) is 14.2 Å². The number of hydrogen-bond donors (Lipinski definition) is 0. The summed E-state index contributed by atoms with van der Waals surface area (Å²) in [5.74, 6) is -2.40. The Morgan fingerprint density at radius 2 is 1.57 bits per heavy atom. The molecule has 7 nitrogen and oxygen atoms in total. The van der Waals surface area contributed by atoms with Gasteiger partial charge in [0.15, 0.2) is 5.41 Å². The second-order valence-electron chi connectivity index (χ2n) is 6.47. The Morgan fingerprint density at radius 1 is 1.00 bits per heavy atom. The molecule has 0 radical (unpaired) electrons. The molecule has 0 amide bonds. The van der Waals surface area contributed by atoms with Gasteiger partial charge in [-0.2, -0.15) is 0 Å². The van der Waals surface area contributed by atoms with E-state index in [1.54, 1.807) is 18.2 Å². The van der Waals surface area contributed by atoms with Crippen LogP contribution in [0.15, 0.2) is 60.7 Å². The summed E-state index contributed by atoms with van der Waals surface area (Å²) in [6.45, 7) is 0. The van der Waals surface area contributed by atoms with E-state index in [-0.39, 0.29) is 5.69 Å². The average Bonchev–Trinajstić information content (AvgIpc) is 3.41. The van der Waals surface area contributed by atoms with Gasteiger partial charge in [-0.05, 0) is 11.1 Å². The molecule has 144 valence electrons. The van der Waals surface area contributed by atoms with E-state index >= 15 is 0 Å². The summed E-state index contributed by atoms with van der Waals surface area (Å²) in [6, 6.07) is 15.3. The highest BCUT2D eigenvalue weighted by Gasteiger charge is 2.75. The molecule has 0 aliphatic heterocycles. The third-order valence-corrected chi connectivity index (χ3v) is 5.07. The van der Waals surface area contributed by atoms with E-state index < -0.39 is 34.1 Å². The number of carbonyl (C=O) groups excluding carboxylic acids is 2. The van der Waals surface area contributed by atoms with Crippen LogP contribution in [0.1, 0.15) is 17.0 Å². The van der Waals surface area contributed by atoms with Crippen molar-refractivity contribution in [1.29, 1.82) is 0 Å². The molecule has 0 saturated heterocycles. The van der Waals surface area contributed by atoms with Gasteiger partial charge in [0.2, 0.25) is 0 Å². The van der Waals surface area contributed by atoms with Crippen molar-refractivity contribution < 1.29 is 24.0 Å². The van der Waals surface area contributed by atoms with E-state index in [0.29, 0.717) is 5.56 Å². The first-order valence-electron chi connectivity index (χ1n) is 8.61. The van der Waals surface area contributed by atoms with Crippen LogP contribution in [-0.4, -0.2) is 31.1 Å². The van der Waals surface area contributed by atoms with Gasteiger partial charge >= 0.3 is 11.9 Å². The van der Waals surface area contributed by atoms with Gasteiger partial charge in [0.05, 0.1) is 19.1 Å². The van der Waals surface area contributed by atoms with Gasteiger partial charge in [0.25, 0.3) is 5.69 Å². The number of nitrogens with zero attached hydrogens (tertiary/aromatic N) is 1. The second kappa shape index (κ2) is 7.64. The SMILES string of the molecule is COC(=O)C1(C(=O)OC)C(/C=C/c2ccccc2)C1c1ccc([N+](=O)[O-])cc1. The minimum Gasteiger partial charge on any atom is -0.468 e. The predicted octanol–water partition coefficient (Wildman–Crippen LogP) is 3.35. The number of carbonyl (C=O) groups is 2. The number of non-ortho nitro benzene ring substituents is 1. The van der Waals surface area contributed by atoms with Crippen molar-refractivity contribution in [3.05, 3.63) is 81.9 Å². The molecule has 1 aliphatic rings. The highest BCUT2D eigenvalue weighted by atomic mass is 16.6. The van der Waals surface area contributed by atoms with Crippen LogP contribution < -0.4 is 0 Å². The smallest absolute Gasteiger partial charge is 0.324 e. The topological polar surface area (TPSA) is 95.7 Å². The number of allylic oxidation sites excluding steroid dienone is 1. The number of ether oxygens (including phenoxy) is 2. The standard InChI is InChI=1S/C21H19NO6/c1-27-19(23)21(20(24)28-2)17(13-8-14-6-4-3-5-7-14)18(21)15-9-11-16(12-10-15)22(25)26/h3-13,17-18H,1-2H3/b13-8+. The van der Waals surface area contributed by atoms with E-state index in [0.717, 1.165) is 5.56 Å². The molecule has 3 rings (SSSR count). The predicted molar refractivity (Wildman–Crippen MR) is 101 cm³/mol. The Labute approximate surface area is 161 Å². The molecule has 2 unspecified atom stereocenters. The average molecular weight is 381 g/mol. The Bertz CT molecular complexity index is 904. The second-order valence-corrected chi connectivity index (χ2v) is 6.47. The lowest BCUT2D eigenvalue weighted by Gasteiger charge is -2.13. The summed E-state index contributed by atoms with van der Waals surface area (Å²) in [5.41, 5.74) is -0.0302. The molecule has 1 fully saturated rings. The summed E-state index contributed by atoms with van der Waals surface area (Å²) >= 11 is 0. The zero-order valence-electron chi connectivity index (χ0n) is 15.4. The molecule has 0 aromatic heterocycles. The molecule has 0 heterocycles. The zero-order valence-corrected chi connectivity index (χ0v) is 15.4. The molecule has 2 aromatic carbocycles. The molecule has 1 saturated carbocycles. The zero-order chi connectivity index (χ0) is 20.3. The Morgan fingerprint density at radius 3 is 2.07 bits per heavy atom. The maximum absolute atomic E-state index is 12.6. The van der Waals surface area contributed by atoms with Crippen LogP contribution in [0.25, 0.3) is 6.08 Å². The van der Waals surface area contributed by atoms with E-state index in [4.69, 9.17) is 9.47 Å². The molecule has 28 heavy (non-hydrogen) atoms. The van der Waals surface area contributed by atoms with Crippen molar-refractivity contribution in [2.24, 2.45) is 11.3 Å². The van der Waals surface area contributed by atoms with Crippen LogP contribution in [0.4, 0.5) is 5.69 Å². The fourth-order valence-electron chi connectivity index (χ4n) is 3.68. The summed E-state index contributed by atoms with van der Waals surface area (Å²) in [5, 5.41) is 10.9.